The van der Waals surface area contributed by atoms with Crippen molar-refractivity contribution in [3.63, 3.8) is 0 Å². The van der Waals surface area contributed by atoms with E-state index in [0.29, 0.717) is 18.9 Å². The summed E-state index contributed by atoms with van der Waals surface area (Å²) in [5, 5.41) is 3.04. The molecular formula is C36H48N6O5. The molecule has 1 saturated heterocycles. The van der Waals surface area contributed by atoms with E-state index in [0.717, 1.165) is 48.8 Å². The van der Waals surface area contributed by atoms with Gasteiger partial charge < -0.3 is 20.9 Å². The van der Waals surface area contributed by atoms with Crippen LogP contribution in [0.1, 0.15) is 71.6 Å². The summed E-state index contributed by atoms with van der Waals surface area (Å²) in [6.45, 7) is 5.05. The van der Waals surface area contributed by atoms with Gasteiger partial charge in [-0.3, -0.25) is 24.0 Å². The molecule has 0 radical (unpaired) electrons. The Kier molecular flexibility index (Phi) is 13.1. The van der Waals surface area contributed by atoms with Gasteiger partial charge in [0.15, 0.2) is 0 Å². The van der Waals surface area contributed by atoms with Crippen LogP contribution in [0.5, 0.6) is 0 Å². The summed E-state index contributed by atoms with van der Waals surface area (Å²) in [6.07, 6.45) is 15.3. The Hall–Kier alpha value is -4.51. The third kappa shape index (κ3) is 11.7. The molecule has 1 aliphatic heterocycles. The van der Waals surface area contributed by atoms with Gasteiger partial charge in [0.05, 0.1) is 29.4 Å². The number of unbranched alkanes of at least 4 members (excludes halogenated alkanes) is 3. The molecule has 5 N–H and O–H groups in total. The molecule has 2 saturated carbocycles. The highest BCUT2D eigenvalue weighted by Gasteiger charge is 2.44. The SMILES string of the molecule is CCCCC/C=C\C1CC1C(=O)NOC1(C)CC1.NC(=O)C1CCCN1C(=O)CNc1ccccc1.O=c1cnc2ccccc2[nH]1. The summed E-state index contributed by atoms with van der Waals surface area (Å²) >= 11 is 0. The zero-order chi connectivity index (χ0) is 33.6. The fourth-order valence-corrected chi connectivity index (χ4v) is 5.22. The highest BCUT2D eigenvalue weighted by molar-refractivity contribution is 5.89. The van der Waals surface area contributed by atoms with E-state index in [1.165, 1.54) is 25.5 Å². The van der Waals surface area contributed by atoms with E-state index in [2.05, 4.69) is 39.8 Å². The number of allylic oxidation sites excluding steroid dienone is 2. The first kappa shape index (κ1) is 35.3. The van der Waals surface area contributed by atoms with Gasteiger partial charge >= 0.3 is 0 Å². The maximum Gasteiger partial charge on any atom is 0.266 e. The number of aromatic nitrogens is 2. The third-order valence-corrected chi connectivity index (χ3v) is 8.49. The molecule has 2 aliphatic carbocycles. The van der Waals surface area contributed by atoms with Crippen LogP contribution in [0.2, 0.25) is 0 Å². The van der Waals surface area contributed by atoms with E-state index < -0.39 is 11.9 Å². The molecule has 3 atom stereocenters. The van der Waals surface area contributed by atoms with Crippen LogP contribution in [0.4, 0.5) is 5.69 Å². The van der Waals surface area contributed by atoms with Gasteiger partial charge in [-0.05, 0) is 82.1 Å². The average molecular weight is 645 g/mol. The predicted molar refractivity (Wildman–Crippen MR) is 183 cm³/mol. The Balaban J connectivity index is 0.000000164. The van der Waals surface area contributed by atoms with Gasteiger partial charge in [-0.2, -0.15) is 0 Å². The minimum absolute atomic E-state index is 0.0614. The number of H-pyrrole nitrogens is 1. The normalized spacial score (nSPS) is 20.4. The number of nitrogens with two attached hydrogens (primary N) is 1. The summed E-state index contributed by atoms with van der Waals surface area (Å²) in [4.78, 5) is 59.3. The fourth-order valence-electron chi connectivity index (χ4n) is 5.22. The number of benzene rings is 2. The number of aromatic amines is 1. The first-order valence-corrected chi connectivity index (χ1v) is 16.7. The number of fused-ring (bicyclic) bond motifs is 1. The van der Waals surface area contributed by atoms with E-state index >= 15 is 0 Å². The Bertz CT molecular complexity index is 1550. The molecule has 1 aromatic heterocycles. The van der Waals surface area contributed by atoms with Gasteiger partial charge in [0, 0.05) is 18.2 Å². The van der Waals surface area contributed by atoms with Crippen molar-refractivity contribution < 1.29 is 19.2 Å². The summed E-state index contributed by atoms with van der Waals surface area (Å²) in [6, 6.07) is 16.5. The highest BCUT2D eigenvalue weighted by atomic mass is 16.7. The molecule has 2 heterocycles. The number of carbonyl (C=O) groups is 3. The second-order valence-electron chi connectivity index (χ2n) is 12.6. The first-order valence-electron chi connectivity index (χ1n) is 16.7. The summed E-state index contributed by atoms with van der Waals surface area (Å²) in [7, 11) is 0. The zero-order valence-corrected chi connectivity index (χ0v) is 27.5. The topological polar surface area (TPSA) is 160 Å². The first-order chi connectivity index (χ1) is 22.7. The second-order valence-corrected chi connectivity index (χ2v) is 12.6. The molecule has 47 heavy (non-hydrogen) atoms. The number of nitrogens with one attached hydrogen (secondary N) is 3. The number of hydrogen-bond acceptors (Lipinski definition) is 7. The van der Waals surface area contributed by atoms with Crippen LogP contribution < -0.4 is 22.1 Å². The highest BCUT2D eigenvalue weighted by Crippen LogP contribution is 2.41. The number of para-hydroxylation sites is 3. The summed E-state index contributed by atoms with van der Waals surface area (Å²) in [5.41, 5.74) is 10.1. The number of amides is 3. The smallest absolute Gasteiger partial charge is 0.266 e. The van der Waals surface area contributed by atoms with E-state index in [4.69, 9.17) is 10.6 Å². The van der Waals surface area contributed by atoms with Crippen LogP contribution in [0.3, 0.4) is 0 Å². The molecule has 3 unspecified atom stereocenters. The molecule has 3 amide bonds. The van der Waals surface area contributed by atoms with Crippen LogP contribution in [0.25, 0.3) is 11.0 Å². The second kappa shape index (κ2) is 17.4. The summed E-state index contributed by atoms with van der Waals surface area (Å²) in [5.74, 6) is 0.157. The van der Waals surface area contributed by atoms with E-state index in [1.54, 1.807) is 4.90 Å². The Morgan fingerprint density at radius 2 is 1.85 bits per heavy atom. The quantitative estimate of drug-likeness (QED) is 0.125. The number of hydroxylamine groups is 1. The van der Waals surface area contributed by atoms with Crippen molar-refractivity contribution in [1.29, 1.82) is 0 Å². The van der Waals surface area contributed by atoms with E-state index in [1.807, 2.05) is 61.5 Å². The van der Waals surface area contributed by atoms with Crippen molar-refractivity contribution in [2.45, 2.75) is 83.3 Å². The number of nitrogens with zero attached hydrogens (tertiary/aromatic N) is 2. The van der Waals surface area contributed by atoms with Crippen molar-refractivity contribution in [2.75, 3.05) is 18.4 Å². The molecule has 0 bridgehead atoms. The molecule has 3 aromatic rings. The van der Waals surface area contributed by atoms with Gasteiger partial charge in [0.1, 0.15) is 6.04 Å². The number of primary amides is 1. The maximum absolute atomic E-state index is 12.0. The lowest BCUT2D eigenvalue weighted by Gasteiger charge is -2.22. The molecule has 6 rings (SSSR count). The van der Waals surface area contributed by atoms with Crippen molar-refractivity contribution in [2.24, 2.45) is 17.6 Å². The third-order valence-electron chi connectivity index (χ3n) is 8.49. The van der Waals surface area contributed by atoms with Crippen LogP contribution in [0, 0.1) is 11.8 Å². The van der Waals surface area contributed by atoms with Crippen LogP contribution in [-0.2, 0) is 19.2 Å². The van der Waals surface area contributed by atoms with E-state index in [-0.39, 0.29) is 35.4 Å². The predicted octanol–water partition coefficient (Wildman–Crippen LogP) is 4.86. The number of carbonyl (C=O) groups excluding carboxylic acids is 3. The minimum atomic E-state index is -0.435. The van der Waals surface area contributed by atoms with Crippen LogP contribution in [-0.4, -0.2) is 57.3 Å². The molecule has 2 aromatic carbocycles. The number of rotatable bonds is 12. The monoisotopic (exact) mass is 644 g/mol. The average Bonchev–Trinajstić information content (AvgIpc) is 3.97. The Morgan fingerprint density at radius 1 is 1.11 bits per heavy atom. The van der Waals surface area contributed by atoms with Crippen molar-refractivity contribution in [3.05, 3.63) is 83.3 Å². The Labute approximate surface area is 276 Å². The fraction of sp³-hybridized carbons (Fsp3) is 0.472. The standard InChI is InChI=1S/C15H25NO2.C13H17N3O2.C8H6N2O/c1-3-4-5-6-7-8-12-11-13(12)14(17)16-18-15(2)9-10-15;14-13(18)11-7-4-8-16(11)12(17)9-15-10-5-2-1-3-6-10;11-8-5-9-6-3-1-2-4-7(6)10-8/h7-8,12-13H,3-6,9-11H2,1-2H3,(H,16,17);1-3,5-6,11,15H,4,7-9H2,(H2,14,18);1-5H,(H,10,11)/b8-7-;;. The van der Waals surface area contributed by atoms with Crippen LogP contribution >= 0.6 is 0 Å². The molecular weight excluding hydrogens is 596 g/mol. The van der Waals surface area contributed by atoms with Gasteiger partial charge in [-0.25, -0.2) is 10.5 Å². The number of hydrogen-bond donors (Lipinski definition) is 4. The van der Waals surface area contributed by atoms with E-state index in [9.17, 15) is 19.2 Å². The van der Waals surface area contributed by atoms with Gasteiger partial charge in [-0.15, -0.1) is 0 Å². The van der Waals surface area contributed by atoms with Crippen LogP contribution in [0.15, 0.2) is 77.7 Å². The van der Waals surface area contributed by atoms with Gasteiger partial charge in [0.25, 0.3) is 5.56 Å². The molecule has 3 fully saturated rings. The molecule has 0 spiro atoms. The molecule has 252 valence electrons. The van der Waals surface area contributed by atoms with Crippen molar-refractivity contribution in [1.82, 2.24) is 20.3 Å². The largest absolute Gasteiger partial charge is 0.376 e. The lowest BCUT2D eigenvalue weighted by molar-refractivity contribution is -0.141. The zero-order valence-electron chi connectivity index (χ0n) is 27.5. The van der Waals surface area contributed by atoms with Crippen molar-refractivity contribution >= 4 is 34.4 Å². The lowest BCUT2D eigenvalue weighted by atomic mass is 10.2. The van der Waals surface area contributed by atoms with Gasteiger partial charge in [0.2, 0.25) is 17.7 Å². The molecule has 3 aliphatic rings. The van der Waals surface area contributed by atoms with Gasteiger partial charge in [-0.1, -0.05) is 62.2 Å². The lowest BCUT2D eigenvalue weighted by Crippen LogP contribution is -2.45. The molecule has 11 heteroatoms. The van der Waals surface area contributed by atoms with Crippen molar-refractivity contribution in [3.8, 4) is 0 Å². The maximum atomic E-state index is 12.0. The number of likely N-dealkylation sites (tertiary alicyclic amines) is 1. The molecule has 11 nitrogen and oxygen atoms in total. The minimum Gasteiger partial charge on any atom is -0.376 e. The summed E-state index contributed by atoms with van der Waals surface area (Å²) < 4.78 is 0. The number of anilines is 1. The Morgan fingerprint density at radius 3 is 2.57 bits per heavy atom.